The highest BCUT2D eigenvalue weighted by atomic mass is 35.5. The van der Waals surface area contributed by atoms with Crippen LogP contribution in [0.3, 0.4) is 0 Å². The number of hydrogen-bond acceptors (Lipinski definition) is 5. The molecule has 0 atom stereocenters. The first-order chi connectivity index (χ1) is 10.1. The third-order valence-electron chi connectivity index (χ3n) is 2.55. The fourth-order valence-electron chi connectivity index (χ4n) is 1.57. The van der Waals surface area contributed by atoms with Crippen molar-refractivity contribution >= 4 is 29.0 Å². The van der Waals surface area contributed by atoms with Gasteiger partial charge in [0.15, 0.2) is 5.82 Å². The topological polar surface area (TPSA) is 56.3 Å². The highest BCUT2D eigenvalue weighted by Crippen LogP contribution is 2.29. The number of ether oxygens (including phenoxy) is 2. The second-order valence-corrected chi connectivity index (χ2v) is 4.89. The highest BCUT2D eigenvalue weighted by molar-refractivity contribution is 6.42. The zero-order valence-electron chi connectivity index (χ0n) is 11.7. The molecule has 0 aliphatic heterocycles. The molecular weight excluding hydrogens is 313 g/mol. The number of nitrogens with one attached hydrogen (secondary N) is 1. The molecule has 0 saturated heterocycles. The van der Waals surface area contributed by atoms with Gasteiger partial charge in [0.2, 0.25) is 5.88 Å². The molecule has 5 nitrogen and oxygen atoms in total. The average molecular weight is 328 g/mol. The smallest absolute Gasteiger partial charge is 0.224 e. The lowest BCUT2D eigenvalue weighted by molar-refractivity contribution is 0.128. The molecule has 0 amide bonds. The third-order valence-corrected chi connectivity index (χ3v) is 3.29. The lowest BCUT2D eigenvalue weighted by atomic mass is 10.3. The van der Waals surface area contributed by atoms with Gasteiger partial charge in [-0.15, -0.1) is 0 Å². The summed E-state index contributed by atoms with van der Waals surface area (Å²) >= 11 is 11.8. The van der Waals surface area contributed by atoms with Crippen LogP contribution in [0, 0.1) is 0 Å². The van der Waals surface area contributed by atoms with E-state index in [2.05, 4.69) is 15.3 Å². The largest absolute Gasteiger partial charge is 0.439 e. The maximum Gasteiger partial charge on any atom is 0.224 e. The van der Waals surface area contributed by atoms with Crippen LogP contribution in [0.15, 0.2) is 24.3 Å². The lowest BCUT2D eigenvalue weighted by Gasteiger charge is -2.09. The molecule has 112 valence electrons. The van der Waals surface area contributed by atoms with Gasteiger partial charge in [0, 0.05) is 25.8 Å². The van der Waals surface area contributed by atoms with Crippen LogP contribution in [-0.4, -0.2) is 23.6 Å². The number of aromatic nitrogens is 2. The molecule has 21 heavy (non-hydrogen) atoms. The lowest BCUT2D eigenvalue weighted by Crippen LogP contribution is -2.04. The van der Waals surface area contributed by atoms with Gasteiger partial charge in [-0.05, 0) is 19.1 Å². The molecule has 1 aromatic carbocycles. The molecule has 0 radical (unpaired) electrons. The van der Waals surface area contributed by atoms with E-state index in [1.165, 1.54) is 0 Å². The van der Waals surface area contributed by atoms with Gasteiger partial charge in [0.05, 0.1) is 10.0 Å². The predicted molar refractivity (Wildman–Crippen MR) is 83.4 cm³/mol. The summed E-state index contributed by atoms with van der Waals surface area (Å²) in [5.41, 5.74) is 0. The van der Waals surface area contributed by atoms with Crippen LogP contribution in [-0.2, 0) is 11.3 Å². The van der Waals surface area contributed by atoms with Crippen LogP contribution < -0.4 is 10.1 Å². The van der Waals surface area contributed by atoms with E-state index in [0.717, 1.165) is 0 Å². The van der Waals surface area contributed by atoms with Crippen molar-refractivity contribution in [2.24, 2.45) is 0 Å². The molecule has 7 heteroatoms. The van der Waals surface area contributed by atoms with E-state index in [9.17, 15) is 0 Å². The summed E-state index contributed by atoms with van der Waals surface area (Å²) in [4.78, 5) is 8.58. The Bertz CT molecular complexity index is 623. The molecule has 1 N–H and O–H groups in total. The van der Waals surface area contributed by atoms with Crippen LogP contribution >= 0.6 is 23.2 Å². The maximum atomic E-state index is 5.96. The first kappa shape index (κ1) is 15.8. The molecule has 2 aromatic rings. The number of rotatable bonds is 6. The molecular formula is C14H15Cl2N3O2. The molecule has 0 aliphatic rings. The first-order valence-electron chi connectivity index (χ1n) is 6.38. The minimum absolute atomic E-state index is 0.323. The molecule has 1 aromatic heterocycles. The molecule has 1 heterocycles. The van der Waals surface area contributed by atoms with Crippen LogP contribution in [0.5, 0.6) is 11.6 Å². The van der Waals surface area contributed by atoms with E-state index in [-0.39, 0.29) is 0 Å². The molecule has 0 bridgehead atoms. The average Bonchev–Trinajstić information content (AvgIpc) is 2.48. The Balaban J connectivity index is 2.23. The first-order valence-corrected chi connectivity index (χ1v) is 7.14. The van der Waals surface area contributed by atoms with Crippen LogP contribution in [0.25, 0.3) is 0 Å². The van der Waals surface area contributed by atoms with Crippen LogP contribution in [0.1, 0.15) is 12.7 Å². The summed E-state index contributed by atoms with van der Waals surface area (Å²) in [6.07, 6.45) is 0. The van der Waals surface area contributed by atoms with Gasteiger partial charge in [-0.3, -0.25) is 0 Å². The Labute approximate surface area is 133 Å². The number of benzene rings is 1. The fourth-order valence-corrected chi connectivity index (χ4v) is 1.86. The maximum absolute atomic E-state index is 5.96. The summed E-state index contributed by atoms with van der Waals surface area (Å²) in [6.45, 7) is 2.83. The van der Waals surface area contributed by atoms with Crippen molar-refractivity contribution in [3.63, 3.8) is 0 Å². The van der Waals surface area contributed by atoms with E-state index in [0.29, 0.717) is 46.5 Å². The van der Waals surface area contributed by atoms with Gasteiger partial charge in [0.1, 0.15) is 18.2 Å². The van der Waals surface area contributed by atoms with Gasteiger partial charge >= 0.3 is 0 Å². The number of hydrogen-bond donors (Lipinski definition) is 1. The molecule has 0 unspecified atom stereocenters. The summed E-state index contributed by atoms with van der Waals surface area (Å²) in [7, 11) is 1.77. The standard InChI is InChI=1S/C14H15Cl2N3O2/c1-3-20-8-13-18-12(17-2)7-14(19-13)21-9-4-5-10(15)11(16)6-9/h4-7H,3,8H2,1-2H3,(H,17,18,19). The Morgan fingerprint density at radius 3 is 2.62 bits per heavy atom. The van der Waals surface area contributed by atoms with Crippen molar-refractivity contribution in [2.75, 3.05) is 19.0 Å². The monoisotopic (exact) mass is 327 g/mol. The summed E-state index contributed by atoms with van der Waals surface area (Å²) in [5.74, 6) is 2.14. The van der Waals surface area contributed by atoms with Crippen molar-refractivity contribution in [3.05, 3.63) is 40.1 Å². The summed E-state index contributed by atoms with van der Waals surface area (Å²) < 4.78 is 11.0. The minimum Gasteiger partial charge on any atom is -0.439 e. The number of halogens is 2. The normalized spacial score (nSPS) is 10.5. The van der Waals surface area contributed by atoms with E-state index in [1.807, 2.05) is 6.92 Å². The Hall–Kier alpha value is -1.56. The van der Waals surface area contributed by atoms with Gasteiger partial charge in [-0.1, -0.05) is 23.2 Å². The van der Waals surface area contributed by atoms with E-state index < -0.39 is 0 Å². The summed E-state index contributed by atoms with van der Waals surface area (Å²) in [5, 5.41) is 3.85. The number of nitrogens with zero attached hydrogens (tertiary/aromatic N) is 2. The quantitative estimate of drug-likeness (QED) is 0.863. The second-order valence-electron chi connectivity index (χ2n) is 4.07. The Morgan fingerprint density at radius 1 is 1.14 bits per heavy atom. The van der Waals surface area contributed by atoms with E-state index >= 15 is 0 Å². The molecule has 0 saturated carbocycles. The Morgan fingerprint density at radius 2 is 1.95 bits per heavy atom. The summed E-state index contributed by atoms with van der Waals surface area (Å²) in [6, 6.07) is 6.71. The number of anilines is 1. The van der Waals surface area contributed by atoms with Crippen molar-refractivity contribution in [3.8, 4) is 11.6 Å². The van der Waals surface area contributed by atoms with Crippen LogP contribution in [0.4, 0.5) is 5.82 Å². The van der Waals surface area contributed by atoms with E-state index in [1.54, 1.807) is 31.3 Å². The van der Waals surface area contributed by atoms with Gasteiger partial charge in [-0.25, -0.2) is 4.98 Å². The Kier molecular flexibility index (Phi) is 5.61. The van der Waals surface area contributed by atoms with Crippen molar-refractivity contribution in [1.29, 1.82) is 0 Å². The third kappa shape index (κ3) is 4.46. The van der Waals surface area contributed by atoms with Crippen molar-refractivity contribution < 1.29 is 9.47 Å². The zero-order chi connectivity index (χ0) is 15.2. The molecule has 2 rings (SSSR count). The van der Waals surface area contributed by atoms with Crippen molar-refractivity contribution in [2.45, 2.75) is 13.5 Å². The highest BCUT2D eigenvalue weighted by Gasteiger charge is 2.07. The predicted octanol–water partition coefficient (Wildman–Crippen LogP) is 4.15. The fraction of sp³-hybridized carbons (Fsp3) is 0.286. The second kappa shape index (κ2) is 7.45. The molecule has 0 spiro atoms. The van der Waals surface area contributed by atoms with Crippen LogP contribution in [0.2, 0.25) is 10.0 Å². The van der Waals surface area contributed by atoms with Gasteiger partial charge < -0.3 is 14.8 Å². The van der Waals surface area contributed by atoms with Gasteiger partial charge in [0.25, 0.3) is 0 Å². The molecule has 0 fully saturated rings. The SMILES string of the molecule is CCOCc1nc(NC)cc(Oc2ccc(Cl)c(Cl)c2)n1. The van der Waals surface area contributed by atoms with E-state index in [4.69, 9.17) is 32.7 Å². The van der Waals surface area contributed by atoms with Crippen molar-refractivity contribution in [1.82, 2.24) is 9.97 Å². The minimum atomic E-state index is 0.323. The zero-order valence-corrected chi connectivity index (χ0v) is 13.2. The van der Waals surface area contributed by atoms with Gasteiger partial charge in [-0.2, -0.15) is 4.98 Å². The molecule has 0 aliphatic carbocycles.